The third-order valence-electron chi connectivity index (χ3n) is 4.28. The van der Waals surface area contributed by atoms with Crippen molar-refractivity contribution < 1.29 is 9.59 Å². The molecular weight excluding hydrogens is 308 g/mol. The van der Waals surface area contributed by atoms with E-state index < -0.39 is 6.04 Å². The van der Waals surface area contributed by atoms with Gasteiger partial charge in [0.1, 0.15) is 6.04 Å². The Labute approximate surface area is 143 Å². The molecule has 1 fully saturated rings. The Kier molecular flexibility index (Phi) is 6.51. The standard InChI is InChI=1S/C18H26N2O2S/c1-13-6-4-5-7-16(13)14(2)12-17(21)19-15(3)18(22)20-8-10-23-11-9-20/h4-7,14-15H,8-12H2,1-3H3,(H,19,21)/t14-,15+/m1/s1. The summed E-state index contributed by atoms with van der Waals surface area (Å²) in [5.41, 5.74) is 2.39. The van der Waals surface area contributed by atoms with E-state index in [2.05, 4.69) is 31.3 Å². The van der Waals surface area contributed by atoms with Crippen LogP contribution < -0.4 is 5.32 Å². The number of benzene rings is 1. The first-order valence-electron chi connectivity index (χ1n) is 8.20. The van der Waals surface area contributed by atoms with Crippen molar-refractivity contribution in [1.29, 1.82) is 0 Å². The number of hydrogen-bond acceptors (Lipinski definition) is 3. The van der Waals surface area contributed by atoms with E-state index in [0.29, 0.717) is 6.42 Å². The van der Waals surface area contributed by atoms with Crippen molar-refractivity contribution in [2.75, 3.05) is 24.6 Å². The molecule has 1 aliphatic heterocycles. The van der Waals surface area contributed by atoms with Gasteiger partial charge < -0.3 is 10.2 Å². The van der Waals surface area contributed by atoms with E-state index in [1.807, 2.05) is 28.8 Å². The maximum absolute atomic E-state index is 12.3. The van der Waals surface area contributed by atoms with Crippen LogP contribution in [0, 0.1) is 6.92 Å². The molecule has 4 nitrogen and oxygen atoms in total. The normalized spacial score (nSPS) is 17.4. The van der Waals surface area contributed by atoms with Crippen molar-refractivity contribution in [3.05, 3.63) is 35.4 Å². The molecule has 2 amide bonds. The van der Waals surface area contributed by atoms with Crippen molar-refractivity contribution in [2.45, 2.75) is 39.2 Å². The lowest BCUT2D eigenvalue weighted by Crippen LogP contribution is -2.49. The predicted molar refractivity (Wildman–Crippen MR) is 95.7 cm³/mol. The molecule has 1 aromatic rings. The number of amides is 2. The van der Waals surface area contributed by atoms with E-state index in [9.17, 15) is 9.59 Å². The number of nitrogens with zero attached hydrogens (tertiary/aromatic N) is 1. The van der Waals surface area contributed by atoms with Crippen LogP contribution in [0.5, 0.6) is 0 Å². The first-order chi connectivity index (χ1) is 11.0. The average Bonchev–Trinajstić information content (AvgIpc) is 2.55. The Morgan fingerprint density at radius 2 is 1.87 bits per heavy atom. The molecule has 0 aliphatic carbocycles. The van der Waals surface area contributed by atoms with E-state index >= 15 is 0 Å². The molecule has 0 unspecified atom stereocenters. The van der Waals surface area contributed by atoms with Gasteiger partial charge in [0.25, 0.3) is 0 Å². The van der Waals surface area contributed by atoms with Crippen molar-refractivity contribution in [3.8, 4) is 0 Å². The second-order valence-corrected chi connectivity index (χ2v) is 7.41. The van der Waals surface area contributed by atoms with Gasteiger partial charge in [-0.05, 0) is 30.9 Å². The number of carbonyl (C=O) groups excluding carboxylic acids is 2. The number of nitrogens with one attached hydrogen (secondary N) is 1. The lowest BCUT2D eigenvalue weighted by molar-refractivity contribution is -0.135. The minimum atomic E-state index is -0.449. The fraction of sp³-hybridized carbons (Fsp3) is 0.556. The molecule has 1 N–H and O–H groups in total. The smallest absolute Gasteiger partial charge is 0.244 e. The molecule has 1 saturated heterocycles. The van der Waals surface area contributed by atoms with Crippen LogP contribution in [0.1, 0.15) is 37.3 Å². The minimum Gasteiger partial charge on any atom is -0.345 e. The Bertz CT molecular complexity index is 556. The van der Waals surface area contributed by atoms with E-state index in [1.165, 1.54) is 11.1 Å². The molecule has 23 heavy (non-hydrogen) atoms. The highest BCUT2D eigenvalue weighted by molar-refractivity contribution is 7.99. The average molecular weight is 334 g/mol. The molecule has 126 valence electrons. The SMILES string of the molecule is Cc1ccccc1[C@H](C)CC(=O)N[C@@H](C)C(=O)N1CCSCC1. The van der Waals surface area contributed by atoms with Crippen LogP contribution in [0.4, 0.5) is 0 Å². The van der Waals surface area contributed by atoms with E-state index in [4.69, 9.17) is 0 Å². The Morgan fingerprint density at radius 1 is 1.22 bits per heavy atom. The molecule has 0 bridgehead atoms. The van der Waals surface area contributed by atoms with Crippen molar-refractivity contribution >= 4 is 23.6 Å². The highest BCUT2D eigenvalue weighted by atomic mass is 32.2. The van der Waals surface area contributed by atoms with Crippen LogP contribution in [0.25, 0.3) is 0 Å². The fourth-order valence-corrected chi connectivity index (χ4v) is 3.85. The van der Waals surface area contributed by atoms with Crippen molar-refractivity contribution in [3.63, 3.8) is 0 Å². The van der Waals surface area contributed by atoms with Crippen LogP contribution in [0.3, 0.4) is 0 Å². The highest BCUT2D eigenvalue weighted by Gasteiger charge is 2.24. The van der Waals surface area contributed by atoms with Gasteiger partial charge in [0, 0.05) is 31.0 Å². The quantitative estimate of drug-likeness (QED) is 0.900. The van der Waals surface area contributed by atoms with E-state index in [0.717, 1.165) is 24.6 Å². The van der Waals surface area contributed by atoms with Gasteiger partial charge in [0.2, 0.25) is 11.8 Å². The van der Waals surface area contributed by atoms with Crippen molar-refractivity contribution in [2.24, 2.45) is 0 Å². The van der Waals surface area contributed by atoms with E-state index in [-0.39, 0.29) is 17.7 Å². The molecule has 5 heteroatoms. The molecule has 2 atom stereocenters. The summed E-state index contributed by atoms with van der Waals surface area (Å²) < 4.78 is 0. The van der Waals surface area contributed by atoms with Gasteiger partial charge in [-0.2, -0.15) is 11.8 Å². The number of rotatable bonds is 5. The van der Waals surface area contributed by atoms with E-state index in [1.54, 1.807) is 6.92 Å². The van der Waals surface area contributed by atoms with Gasteiger partial charge >= 0.3 is 0 Å². The summed E-state index contributed by atoms with van der Waals surface area (Å²) in [6.45, 7) is 7.45. The third-order valence-corrected chi connectivity index (χ3v) is 5.22. The summed E-state index contributed by atoms with van der Waals surface area (Å²) >= 11 is 1.87. The van der Waals surface area contributed by atoms with Gasteiger partial charge in [0.05, 0.1) is 0 Å². The third kappa shape index (κ3) is 4.99. The van der Waals surface area contributed by atoms with Gasteiger partial charge in [-0.25, -0.2) is 0 Å². The molecule has 1 heterocycles. The second-order valence-electron chi connectivity index (χ2n) is 6.19. The number of thioether (sulfide) groups is 1. The zero-order valence-corrected chi connectivity index (χ0v) is 15.0. The van der Waals surface area contributed by atoms with Gasteiger partial charge in [-0.1, -0.05) is 31.2 Å². The minimum absolute atomic E-state index is 0.0298. The summed E-state index contributed by atoms with van der Waals surface area (Å²) in [5.74, 6) is 2.08. The maximum atomic E-state index is 12.3. The van der Waals surface area contributed by atoms with Gasteiger partial charge in [0.15, 0.2) is 0 Å². The van der Waals surface area contributed by atoms with Crippen LogP contribution in [0.2, 0.25) is 0 Å². The van der Waals surface area contributed by atoms with Crippen LogP contribution in [0.15, 0.2) is 24.3 Å². The summed E-state index contributed by atoms with van der Waals surface area (Å²) in [7, 11) is 0. The summed E-state index contributed by atoms with van der Waals surface area (Å²) in [6, 6.07) is 7.67. The summed E-state index contributed by atoms with van der Waals surface area (Å²) in [6.07, 6.45) is 0.401. The molecule has 1 aromatic carbocycles. The molecule has 0 radical (unpaired) electrons. The maximum Gasteiger partial charge on any atom is 0.244 e. The number of carbonyl (C=O) groups is 2. The Morgan fingerprint density at radius 3 is 2.52 bits per heavy atom. The number of aryl methyl sites for hydroxylation is 1. The molecular formula is C18H26N2O2S. The summed E-state index contributed by atoms with van der Waals surface area (Å²) in [4.78, 5) is 26.4. The first-order valence-corrected chi connectivity index (χ1v) is 9.36. The monoisotopic (exact) mass is 334 g/mol. The predicted octanol–water partition coefficient (Wildman–Crippen LogP) is 2.57. The van der Waals surface area contributed by atoms with Gasteiger partial charge in [-0.15, -0.1) is 0 Å². The molecule has 0 aromatic heterocycles. The second kappa shape index (κ2) is 8.39. The first kappa shape index (κ1) is 17.9. The highest BCUT2D eigenvalue weighted by Crippen LogP contribution is 2.22. The summed E-state index contributed by atoms with van der Waals surface area (Å²) in [5, 5.41) is 2.86. The largest absolute Gasteiger partial charge is 0.345 e. The lowest BCUT2D eigenvalue weighted by Gasteiger charge is -2.29. The zero-order valence-electron chi connectivity index (χ0n) is 14.2. The Balaban J connectivity index is 1.86. The number of hydrogen-bond donors (Lipinski definition) is 1. The Hall–Kier alpha value is -1.49. The topological polar surface area (TPSA) is 49.4 Å². The molecule has 0 spiro atoms. The lowest BCUT2D eigenvalue weighted by atomic mass is 9.93. The van der Waals surface area contributed by atoms with Crippen molar-refractivity contribution in [1.82, 2.24) is 10.2 Å². The zero-order chi connectivity index (χ0) is 16.8. The molecule has 1 aliphatic rings. The van der Waals surface area contributed by atoms with Crippen LogP contribution >= 0.6 is 11.8 Å². The molecule has 0 saturated carbocycles. The fourth-order valence-electron chi connectivity index (χ4n) is 2.95. The van der Waals surface area contributed by atoms with Crippen LogP contribution in [-0.2, 0) is 9.59 Å². The van der Waals surface area contributed by atoms with Crippen LogP contribution in [-0.4, -0.2) is 47.4 Å². The molecule has 2 rings (SSSR count). The van der Waals surface area contributed by atoms with Gasteiger partial charge in [-0.3, -0.25) is 9.59 Å².